The molecule has 4 N–H and O–H groups in total. The van der Waals surface area contributed by atoms with Gasteiger partial charge in [0.2, 0.25) is 0 Å². The lowest BCUT2D eigenvalue weighted by atomic mass is 10.1. The Kier molecular flexibility index (Phi) is 4.37. The number of carbonyl (C=O) groups is 2. The Morgan fingerprint density at radius 1 is 1.29 bits per heavy atom. The zero-order valence-electron chi connectivity index (χ0n) is 12.1. The second-order valence-corrected chi connectivity index (χ2v) is 4.81. The molecule has 2 amide bonds. The topological polar surface area (TPSA) is 101 Å². The van der Waals surface area contributed by atoms with Crippen LogP contribution in [0.25, 0.3) is 0 Å². The first-order valence-electron chi connectivity index (χ1n) is 6.78. The maximum Gasteiger partial charge on any atom is 0.269 e. The van der Waals surface area contributed by atoms with E-state index in [0.717, 1.165) is 12.8 Å². The molecule has 2 aromatic rings. The van der Waals surface area contributed by atoms with Gasteiger partial charge in [0.05, 0.1) is 0 Å². The number of hydrogen-bond acceptors (Lipinski definition) is 3. The minimum Gasteiger partial charge on any atom is -0.364 e. The minimum atomic E-state index is -0.663. The SMILES string of the molecule is CCCc1ccc(C(=O)Nc2nc(C)[nH]c2C(N)=O)cc1. The molecule has 0 atom stereocenters. The van der Waals surface area contributed by atoms with Gasteiger partial charge in [-0.15, -0.1) is 0 Å². The second kappa shape index (κ2) is 6.21. The molecule has 0 unspecified atom stereocenters. The standard InChI is InChI=1S/C15H18N4O2/c1-3-4-10-5-7-11(8-6-10)15(21)19-14-12(13(16)20)17-9(2)18-14/h5-8H,3-4H2,1-2H3,(H2,16,20)(H,17,18)(H,19,21). The number of nitrogens with zero attached hydrogens (tertiary/aromatic N) is 1. The molecule has 0 saturated heterocycles. The Bertz CT molecular complexity index is 659. The molecule has 2 rings (SSSR count). The number of amides is 2. The maximum absolute atomic E-state index is 12.2. The summed E-state index contributed by atoms with van der Waals surface area (Å²) >= 11 is 0. The van der Waals surface area contributed by atoms with Crippen LogP contribution < -0.4 is 11.1 Å². The summed E-state index contributed by atoms with van der Waals surface area (Å²) in [6.07, 6.45) is 2.03. The largest absolute Gasteiger partial charge is 0.364 e. The van der Waals surface area contributed by atoms with Crippen LogP contribution in [0, 0.1) is 6.92 Å². The first-order chi connectivity index (χ1) is 10.0. The van der Waals surface area contributed by atoms with E-state index in [1.807, 2.05) is 12.1 Å². The van der Waals surface area contributed by atoms with Crippen molar-refractivity contribution in [2.75, 3.05) is 5.32 Å². The molecular formula is C15H18N4O2. The van der Waals surface area contributed by atoms with Gasteiger partial charge in [0, 0.05) is 5.56 Å². The van der Waals surface area contributed by atoms with E-state index in [-0.39, 0.29) is 17.4 Å². The zero-order chi connectivity index (χ0) is 15.4. The minimum absolute atomic E-state index is 0.100. The smallest absolute Gasteiger partial charge is 0.269 e. The number of rotatable bonds is 5. The normalized spacial score (nSPS) is 10.4. The molecule has 0 radical (unpaired) electrons. The third-order valence-electron chi connectivity index (χ3n) is 3.06. The molecular weight excluding hydrogens is 268 g/mol. The molecule has 110 valence electrons. The average Bonchev–Trinajstić information content (AvgIpc) is 2.81. The fraction of sp³-hybridized carbons (Fsp3) is 0.267. The highest BCUT2D eigenvalue weighted by molar-refractivity contribution is 6.07. The summed E-state index contributed by atoms with van der Waals surface area (Å²) in [5.41, 5.74) is 7.02. The van der Waals surface area contributed by atoms with E-state index in [4.69, 9.17) is 5.73 Å². The summed E-state index contributed by atoms with van der Waals surface area (Å²) in [7, 11) is 0. The number of aromatic amines is 1. The molecule has 1 heterocycles. The van der Waals surface area contributed by atoms with Gasteiger partial charge in [0.25, 0.3) is 11.8 Å². The highest BCUT2D eigenvalue weighted by Crippen LogP contribution is 2.14. The molecule has 0 spiro atoms. The van der Waals surface area contributed by atoms with Crippen molar-refractivity contribution in [1.82, 2.24) is 9.97 Å². The number of imidazole rings is 1. The van der Waals surface area contributed by atoms with Gasteiger partial charge in [-0.2, -0.15) is 0 Å². The fourth-order valence-corrected chi connectivity index (χ4v) is 2.05. The number of nitrogens with one attached hydrogen (secondary N) is 2. The van der Waals surface area contributed by atoms with Crippen molar-refractivity contribution in [1.29, 1.82) is 0 Å². The molecule has 6 heteroatoms. The van der Waals surface area contributed by atoms with Crippen molar-refractivity contribution in [3.8, 4) is 0 Å². The Morgan fingerprint density at radius 3 is 2.52 bits per heavy atom. The van der Waals surface area contributed by atoms with Crippen molar-refractivity contribution < 1.29 is 9.59 Å². The number of H-pyrrole nitrogens is 1. The van der Waals surface area contributed by atoms with Gasteiger partial charge in [-0.05, 0) is 31.0 Å². The highest BCUT2D eigenvalue weighted by Gasteiger charge is 2.16. The maximum atomic E-state index is 12.2. The molecule has 0 bridgehead atoms. The van der Waals surface area contributed by atoms with Crippen LogP contribution in [0.1, 0.15) is 45.6 Å². The summed E-state index contributed by atoms with van der Waals surface area (Å²) in [5, 5.41) is 2.60. The quantitative estimate of drug-likeness (QED) is 0.783. The van der Waals surface area contributed by atoms with Gasteiger partial charge in [0.15, 0.2) is 5.82 Å². The number of aromatic nitrogens is 2. The van der Waals surface area contributed by atoms with Crippen molar-refractivity contribution in [2.45, 2.75) is 26.7 Å². The summed E-state index contributed by atoms with van der Waals surface area (Å²) in [6, 6.07) is 7.35. The van der Waals surface area contributed by atoms with Crippen LogP contribution in [0.2, 0.25) is 0 Å². The second-order valence-electron chi connectivity index (χ2n) is 4.81. The van der Waals surface area contributed by atoms with E-state index in [0.29, 0.717) is 11.4 Å². The van der Waals surface area contributed by atoms with E-state index in [1.165, 1.54) is 5.56 Å². The lowest BCUT2D eigenvalue weighted by molar-refractivity contribution is 0.0997. The van der Waals surface area contributed by atoms with E-state index >= 15 is 0 Å². The molecule has 0 saturated carbocycles. The van der Waals surface area contributed by atoms with Crippen LogP contribution in [-0.4, -0.2) is 21.8 Å². The van der Waals surface area contributed by atoms with E-state index in [9.17, 15) is 9.59 Å². The molecule has 1 aromatic carbocycles. The van der Waals surface area contributed by atoms with Crippen LogP contribution in [0.5, 0.6) is 0 Å². The molecule has 0 aliphatic carbocycles. The van der Waals surface area contributed by atoms with Crippen LogP contribution in [-0.2, 0) is 6.42 Å². The first kappa shape index (κ1) is 14.8. The number of primary amides is 1. The summed E-state index contributed by atoms with van der Waals surface area (Å²) in [5.74, 6) is -0.323. The summed E-state index contributed by atoms with van der Waals surface area (Å²) in [6.45, 7) is 3.79. The first-order valence-corrected chi connectivity index (χ1v) is 6.78. The van der Waals surface area contributed by atoms with Gasteiger partial charge in [-0.3, -0.25) is 9.59 Å². The Morgan fingerprint density at radius 2 is 1.95 bits per heavy atom. The number of hydrogen-bond donors (Lipinski definition) is 3. The third kappa shape index (κ3) is 3.47. The van der Waals surface area contributed by atoms with Crippen molar-refractivity contribution in [3.63, 3.8) is 0 Å². The fourth-order valence-electron chi connectivity index (χ4n) is 2.05. The Balaban J connectivity index is 2.16. The number of carbonyl (C=O) groups excluding carboxylic acids is 2. The molecule has 1 aromatic heterocycles. The van der Waals surface area contributed by atoms with Crippen molar-refractivity contribution >= 4 is 17.6 Å². The van der Waals surface area contributed by atoms with Gasteiger partial charge in [-0.1, -0.05) is 25.5 Å². The predicted molar refractivity (Wildman–Crippen MR) is 80.2 cm³/mol. The molecule has 6 nitrogen and oxygen atoms in total. The van der Waals surface area contributed by atoms with E-state index in [2.05, 4.69) is 22.2 Å². The predicted octanol–water partition coefficient (Wildman–Crippen LogP) is 2.02. The lowest BCUT2D eigenvalue weighted by Crippen LogP contribution is -2.18. The average molecular weight is 286 g/mol. The Labute approximate surface area is 122 Å². The summed E-state index contributed by atoms with van der Waals surface area (Å²) < 4.78 is 0. The van der Waals surface area contributed by atoms with Crippen molar-refractivity contribution in [3.05, 3.63) is 46.9 Å². The number of aryl methyl sites for hydroxylation is 2. The third-order valence-corrected chi connectivity index (χ3v) is 3.06. The molecule has 0 aliphatic heterocycles. The van der Waals surface area contributed by atoms with Crippen LogP contribution in [0.3, 0.4) is 0 Å². The van der Waals surface area contributed by atoms with Crippen LogP contribution in [0.4, 0.5) is 5.82 Å². The highest BCUT2D eigenvalue weighted by atomic mass is 16.2. The summed E-state index contributed by atoms with van der Waals surface area (Å²) in [4.78, 5) is 30.2. The van der Waals surface area contributed by atoms with Crippen molar-refractivity contribution in [2.24, 2.45) is 5.73 Å². The van der Waals surface area contributed by atoms with Gasteiger partial charge in [-0.25, -0.2) is 4.98 Å². The van der Waals surface area contributed by atoms with E-state index in [1.54, 1.807) is 19.1 Å². The van der Waals surface area contributed by atoms with Crippen LogP contribution in [0.15, 0.2) is 24.3 Å². The number of anilines is 1. The van der Waals surface area contributed by atoms with Crippen LogP contribution >= 0.6 is 0 Å². The molecule has 0 fully saturated rings. The molecule has 21 heavy (non-hydrogen) atoms. The Hall–Kier alpha value is -2.63. The zero-order valence-corrected chi connectivity index (χ0v) is 12.1. The number of benzene rings is 1. The van der Waals surface area contributed by atoms with Gasteiger partial charge in [0.1, 0.15) is 11.5 Å². The van der Waals surface area contributed by atoms with Gasteiger partial charge < -0.3 is 16.0 Å². The molecule has 0 aliphatic rings. The monoisotopic (exact) mass is 286 g/mol. The van der Waals surface area contributed by atoms with E-state index < -0.39 is 5.91 Å². The number of nitrogens with two attached hydrogens (primary N) is 1. The lowest BCUT2D eigenvalue weighted by Gasteiger charge is -2.05. The van der Waals surface area contributed by atoms with Gasteiger partial charge >= 0.3 is 0 Å².